The number of nitrogens with zero attached hydrogens (tertiary/aromatic N) is 2. The second-order valence-electron chi connectivity index (χ2n) is 4.26. The molecular weight excluding hydrogens is 314 g/mol. The first-order valence-corrected chi connectivity index (χ1v) is 6.69. The molecule has 0 radical (unpaired) electrons. The van der Waals surface area contributed by atoms with E-state index in [1.54, 1.807) is 12.1 Å². The SMILES string of the molecule is N/C(=N/O)c1ccc(N2CCOCC2CO)c(Br)c1. The summed E-state index contributed by atoms with van der Waals surface area (Å²) in [7, 11) is 0. The van der Waals surface area contributed by atoms with Crippen molar-refractivity contribution in [1.29, 1.82) is 0 Å². The van der Waals surface area contributed by atoms with Crippen LogP contribution in [0.5, 0.6) is 0 Å². The predicted molar refractivity (Wildman–Crippen MR) is 75.7 cm³/mol. The van der Waals surface area contributed by atoms with Gasteiger partial charge in [-0.2, -0.15) is 0 Å². The van der Waals surface area contributed by atoms with Crippen molar-refractivity contribution in [2.45, 2.75) is 6.04 Å². The highest BCUT2D eigenvalue weighted by molar-refractivity contribution is 9.10. The molecule has 1 heterocycles. The van der Waals surface area contributed by atoms with Crippen molar-refractivity contribution < 1.29 is 15.1 Å². The van der Waals surface area contributed by atoms with Gasteiger partial charge in [0.05, 0.1) is 31.5 Å². The van der Waals surface area contributed by atoms with Gasteiger partial charge < -0.3 is 25.7 Å². The largest absolute Gasteiger partial charge is 0.409 e. The zero-order valence-electron chi connectivity index (χ0n) is 10.3. The van der Waals surface area contributed by atoms with Crippen LogP contribution in [0.4, 0.5) is 5.69 Å². The lowest BCUT2D eigenvalue weighted by Gasteiger charge is -2.37. The molecule has 0 spiro atoms. The first-order chi connectivity index (χ1) is 9.17. The Morgan fingerprint density at radius 1 is 1.58 bits per heavy atom. The fraction of sp³-hybridized carbons (Fsp3) is 0.417. The standard InChI is InChI=1S/C12H16BrN3O3/c13-10-5-8(12(14)15-18)1-2-11(10)16-3-4-19-7-9(16)6-17/h1-2,5,9,17-18H,3-4,6-7H2,(H2,14,15). The predicted octanol–water partition coefficient (Wildman–Crippen LogP) is 0.741. The molecule has 0 amide bonds. The Bertz CT molecular complexity index is 481. The van der Waals surface area contributed by atoms with Crippen LogP contribution >= 0.6 is 15.9 Å². The van der Waals surface area contributed by atoms with Crippen molar-refractivity contribution in [3.63, 3.8) is 0 Å². The molecule has 0 bridgehead atoms. The van der Waals surface area contributed by atoms with Gasteiger partial charge in [0.15, 0.2) is 5.84 Å². The van der Waals surface area contributed by atoms with E-state index in [4.69, 9.17) is 15.7 Å². The molecule has 0 aromatic heterocycles. The number of halogens is 1. The van der Waals surface area contributed by atoms with Crippen LogP contribution < -0.4 is 10.6 Å². The second kappa shape index (κ2) is 6.23. The van der Waals surface area contributed by atoms with E-state index in [0.29, 0.717) is 25.3 Å². The van der Waals surface area contributed by atoms with Crippen LogP contribution in [0.3, 0.4) is 0 Å². The van der Waals surface area contributed by atoms with Crippen molar-refractivity contribution in [3.05, 3.63) is 28.2 Å². The fourth-order valence-corrected chi connectivity index (χ4v) is 2.69. The van der Waals surface area contributed by atoms with Crippen molar-refractivity contribution in [2.75, 3.05) is 31.3 Å². The van der Waals surface area contributed by atoms with Gasteiger partial charge in [0.2, 0.25) is 0 Å². The maximum atomic E-state index is 9.39. The van der Waals surface area contributed by atoms with Crippen LogP contribution in [0.15, 0.2) is 27.8 Å². The van der Waals surface area contributed by atoms with Gasteiger partial charge in [0, 0.05) is 16.6 Å². The molecule has 6 nitrogen and oxygen atoms in total. The van der Waals surface area contributed by atoms with Gasteiger partial charge in [-0.1, -0.05) is 5.16 Å². The Labute approximate surface area is 119 Å². The van der Waals surface area contributed by atoms with E-state index < -0.39 is 0 Å². The molecule has 0 aliphatic carbocycles. The third-order valence-electron chi connectivity index (χ3n) is 3.10. The summed E-state index contributed by atoms with van der Waals surface area (Å²) in [5.41, 5.74) is 7.14. The number of benzene rings is 1. The third kappa shape index (κ3) is 2.99. The molecule has 1 fully saturated rings. The first kappa shape index (κ1) is 14.1. The normalized spacial score (nSPS) is 20.6. The Kier molecular flexibility index (Phi) is 4.62. The minimum Gasteiger partial charge on any atom is -0.409 e. The second-order valence-corrected chi connectivity index (χ2v) is 5.11. The molecule has 0 saturated carbocycles. The number of nitrogens with two attached hydrogens (primary N) is 1. The van der Waals surface area contributed by atoms with Gasteiger partial charge in [-0.05, 0) is 34.1 Å². The highest BCUT2D eigenvalue weighted by Crippen LogP contribution is 2.29. The minimum absolute atomic E-state index is 0.0361. The number of anilines is 1. The van der Waals surface area contributed by atoms with Crippen LogP contribution in [-0.4, -0.2) is 48.6 Å². The van der Waals surface area contributed by atoms with Gasteiger partial charge in [-0.3, -0.25) is 0 Å². The van der Waals surface area contributed by atoms with Gasteiger partial charge in [-0.15, -0.1) is 0 Å². The third-order valence-corrected chi connectivity index (χ3v) is 3.73. The number of aliphatic hydroxyl groups excluding tert-OH is 1. The highest BCUT2D eigenvalue weighted by atomic mass is 79.9. The van der Waals surface area contributed by atoms with E-state index in [-0.39, 0.29) is 18.5 Å². The Morgan fingerprint density at radius 2 is 2.37 bits per heavy atom. The van der Waals surface area contributed by atoms with Gasteiger partial charge in [-0.25, -0.2) is 0 Å². The topological polar surface area (TPSA) is 91.3 Å². The number of ether oxygens (including phenoxy) is 1. The molecule has 1 atom stereocenters. The zero-order chi connectivity index (χ0) is 13.8. The number of aliphatic hydroxyl groups is 1. The summed E-state index contributed by atoms with van der Waals surface area (Å²) in [6, 6.07) is 5.39. The molecule has 1 aliphatic heterocycles. The van der Waals surface area contributed by atoms with Crippen molar-refractivity contribution in [3.8, 4) is 0 Å². The maximum Gasteiger partial charge on any atom is 0.170 e. The Balaban J connectivity index is 2.29. The number of rotatable bonds is 3. The van der Waals surface area contributed by atoms with Gasteiger partial charge in [0.1, 0.15) is 0 Å². The summed E-state index contributed by atoms with van der Waals surface area (Å²) >= 11 is 3.48. The van der Waals surface area contributed by atoms with Crippen molar-refractivity contribution in [2.24, 2.45) is 10.9 Å². The molecule has 104 valence electrons. The van der Waals surface area contributed by atoms with Crippen molar-refractivity contribution in [1.82, 2.24) is 0 Å². The summed E-state index contributed by atoms with van der Waals surface area (Å²) in [6.07, 6.45) is 0. The average molecular weight is 330 g/mol. The molecule has 1 aliphatic rings. The number of oxime groups is 1. The molecule has 1 aromatic carbocycles. The molecule has 1 saturated heterocycles. The zero-order valence-corrected chi connectivity index (χ0v) is 11.9. The van der Waals surface area contributed by atoms with Crippen LogP contribution in [0.1, 0.15) is 5.56 Å². The Hall–Kier alpha value is -1.31. The van der Waals surface area contributed by atoms with Crippen LogP contribution in [0, 0.1) is 0 Å². The molecule has 1 unspecified atom stereocenters. The van der Waals surface area contributed by atoms with Gasteiger partial charge >= 0.3 is 0 Å². The number of morpholine rings is 1. The van der Waals surface area contributed by atoms with Crippen LogP contribution in [-0.2, 0) is 4.74 Å². The smallest absolute Gasteiger partial charge is 0.170 e. The minimum atomic E-state index is -0.0558. The fourth-order valence-electron chi connectivity index (χ4n) is 2.08. The molecule has 2 rings (SSSR count). The lowest BCUT2D eigenvalue weighted by atomic mass is 10.1. The summed E-state index contributed by atoms with van der Waals surface area (Å²) in [4.78, 5) is 2.09. The van der Waals surface area contributed by atoms with Crippen molar-refractivity contribution >= 4 is 27.5 Å². The summed E-state index contributed by atoms with van der Waals surface area (Å²) < 4.78 is 6.19. The quantitative estimate of drug-likeness (QED) is 0.329. The van der Waals surface area contributed by atoms with E-state index in [1.807, 2.05) is 6.07 Å². The molecule has 4 N–H and O–H groups in total. The number of amidine groups is 1. The maximum absolute atomic E-state index is 9.39. The van der Waals surface area contributed by atoms with Crippen LogP contribution in [0.2, 0.25) is 0 Å². The highest BCUT2D eigenvalue weighted by Gasteiger charge is 2.24. The summed E-state index contributed by atoms with van der Waals surface area (Å²) in [5.74, 6) is 0.0629. The van der Waals surface area contributed by atoms with E-state index >= 15 is 0 Å². The lowest BCUT2D eigenvalue weighted by Crippen LogP contribution is -2.47. The number of hydrogen-bond acceptors (Lipinski definition) is 5. The number of hydrogen-bond donors (Lipinski definition) is 3. The molecular formula is C12H16BrN3O3. The lowest BCUT2D eigenvalue weighted by molar-refractivity contribution is 0.0726. The van der Waals surface area contributed by atoms with E-state index in [9.17, 15) is 5.11 Å². The average Bonchev–Trinajstić information content (AvgIpc) is 2.46. The molecule has 19 heavy (non-hydrogen) atoms. The van der Waals surface area contributed by atoms with Gasteiger partial charge in [0.25, 0.3) is 0 Å². The van der Waals surface area contributed by atoms with E-state index in [2.05, 4.69) is 26.0 Å². The molecule has 1 aromatic rings. The monoisotopic (exact) mass is 329 g/mol. The van der Waals surface area contributed by atoms with E-state index in [0.717, 1.165) is 10.2 Å². The summed E-state index contributed by atoms with van der Waals surface area (Å²) in [6.45, 7) is 1.89. The summed E-state index contributed by atoms with van der Waals surface area (Å²) in [5, 5.41) is 21.0. The van der Waals surface area contributed by atoms with E-state index in [1.165, 1.54) is 0 Å². The molecule has 7 heteroatoms. The van der Waals surface area contributed by atoms with Crippen LogP contribution in [0.25, 0.3) is 0 Å². The first-order valence-electron chi connectivity index (χ1n) is 5.90. The Morgan fingerprint density at radius 3 is 3.00 bits per heavy atom.